The van der Waals surface area contributed by atoms with Gasteiger partial charge in [0.15, 0.2) is 17.3 Å². The maximum absolute atomic E-state index is 14.2. The Bertz CT molecular complexity index is 948. The van der Waals surface area contributed by atoms with Crippen molar-refractivity contribution in [2.45, 2.75) is 30.7 Å². The molecular formula is C22H22FNO4S. The minimum Gasteiger partial charge on any atom is -0.486 e. The molecule has 1 fully saturated rings. The van der Waals surface area contributed by atoms with Crippen LogP contribution < -0.4 is 9.47 Å². The van der Waals surface area contributed by atoms with Gasteiger partial charge in [-0.15, -0.1) is 11.8 Å². The maximum atomic E-state index is 14.2. The van der Waals surface area contributed by atoms with Crippen molar-refractivity contribution < 1.29 is 23.5 Å². The molecule has 5 nitrogen and oxygen atoms in total. The molecule has 1 unspecified atom stereocenters. The predicted octanol–water partition coefficient (Wildman–Crippen LogP) is 4.26. The number of hydrogen-bond donors (Lipinski definition) is 0. The largest absolute Gasteiger partial charge is 0.486 e. The number of hydrogen-bond acceptors (Lipinski definition) is 5. The van der Waals surface area contributed by atoms with E-state index in [-0.39, 0.29) is 23.5 Å². The van der Waals surface area contributed by atoms with Crippen LogP contribution in [0.4, 0.5) is 4.39 Å². The van der Waals surface area contributed by atoms with Gasteiger partial charge in [0.1, 0.15) is 19.0 Å². The van der Waals surface area contributed by atoms with Crippen LogP contribution in [0.15, 0.2) is 41.3 Å². The summed E-state index contributed by atoms with van der Waals surface area (Å²) in [6, 6.07) is 10.2. The van der Waals surface area contributed by atoms with Gasteiger partial charge in [-0.3, -0.25) is 9.59 Å². The summed E-state index contributed by atoms with van der Waals surface area (Å²) in [6.07, 6.45) is 1.81. The fraction of sp³-hybridized carbons (Fsp3) is 0.364. The van der Waals surface area contributed by atoms with Gasteiger partial charge in [-0.05, 0) is 49.6 Å². The van der Waals surface area contributed by atoms with Gasteiger partial charge in [-0.2, -0.15) is 0 Å². The standard InChI is InChI=1S/C22H22FNO4S/c1-14(25)15-5-7-21(17(23)11-15)29-13-22(26)24-8-2-3-18(24)16-4-6-19-20(12-16)28-10-9-27-19/h4-7,11-12,18H,2-3,8-10,13H2,1H3. The lowest BCUT2D eigenvalue weighted by atomic mass is 10.0. The van der Waals surface area contributed by atoms with Crippen molar-refractivity contribution in [2.24, 2.45) is 0 Å². The van der Waals surface area contributed by atoms with Gasteiger partial charge in [0.25, 0.3) is 0 Å². The van der Waals surface area contributed by atoms with Crippen LogP contribution in [0.25, 0.3) is 0 Å². The Balaban J connectivity index is 1.44. The summed E-state index contributed by atoms with van der Waals surface area (Å²) in [5.74, 6) is 0.918. The molecule has 1 atom stereocenters. The molecule has 1 saturated heterocycles. The van der Waals surface area contributed by atoms with E-state index in [1.165, 1.54) is 13.0 Å². The summed E-state index contributed by atoms with van der Waals surface area (Å²) >= 11 is 1.16. The summed E-state index contributed by atoms with van der Waals surface area (Å²) in [5.41, 5.74) is 1.36. The van der Waals surface area contributed by atoms with E-state index in [0.717, 1.165) is 41.7 Å². The van der Waals surface area contributed by atoms with E-state index in [2.05, 4.69) is 0 Å². The summed E-state index contributed by atoms with van der Waals surface area (Å²) in [7, 11) is 0. The Morgan fingerprint density at radius 3 is 2.69 bits per heavy atom. The van der Waals surface area contributed by atoms with Crippen molar-refractivity contribution in [2.75, 3.05) is 25.5 Å². The van der Waals surface area contributed by atoms with Crippen LogP contribution in [0, 0.1) is 5.82 Å². The number of Topliss-reactive ketones (excluding diaryl/α,β-unsaturated/α-hetero) is 1. The number of ketones is 1. The molecule has 4 rings (SSSR count). The van der Waals surface area contributed by atoms with E-state index < -0.39 is 5.82 Å². The number of carbonyl (C=O) groups excluding carboxylic acids is 2. The van der Waals surface area contributed by atoms with Crippen LogP contribution in [-0.2, 0) is 4.79 Å². The molecule has 0 aromatic heterocycles. The van der Waals surface area contributed by atoms with E-state index in [1.54, 1.807) is 12.1 Å². The summed E-state index contributed by atoms with van der Waals surface area (Å²) in [4.78, 5) is 26.4. The van der Waals surface area contributed by atoms with Crippen molar-refractivity contribution in [3.05, 3.63) is 53.3 Å². The van der Waals surface area contributed by atoms with Gasteiger partial charge in [0.2, 0.25) is 5.91 Å². The second-order valence-corrected chi connectivity index (χ2v) is 8.16. The van der Waals surface area contributed by atoms with Gasteiger partial charge in [0.05, 0.1) is 11.8 Å². The number of thioether (sulfide) groups is 1. The van der Waals surface area contributed by atoms with Crippen LogP contribution >= 0.6 is 11.8 Å². The Morgan fingerprint density at radius 1 is 1.14 bits per heavy atom. The second-order valence-electron chi connectivity index (χ2n) is 7.14. The molecule has 29 heavy (non-hydrogen) atoms. The third-order valence-electron chi connectivity index (χ3n) is 5.21. The first-order valence-electron chi connectivity index (χ1n) is 9.65. The first kappa shape index (κ1) is 19.8. The van der Waals surface area contributed by atoms with Crippen LogP contribution in [0.2, 0.25) is 0 Å². The second kappa shape index (κ2) is 8.45. The summed E-state index contributed by atoms with van der Waals surface area (Å²) in [5, 5.41) is 0. The first-order chi connectivity index (χ1) is 14.0. The van der Waals surface area contributed by atoms with Gasteiger partial charge >= 0.3 is 0 Å². The molecule has 7 heteroatoms. The molecule has 0 aliphatic carbocycles. The Morgan fingerprint density at radius 2 is 1.93 bits per heavy atom. The molecule has 152 valence electrons. The number of likely N-dealkylation sites (tertiary alicyclic amines) is 1. The highest BCUT2D eigenvalue weighted by molar-refractivity contribution is 8.00. The topological polar surface area (TPSA) is 55.8 Å². The SMILES string of the molecule is CC(=O)c1ccc(SCC(=O)N2CCCC2c2ccc3c(c2)OCCO3)c(F)c1. The molecule has 0 saturated carbocycles. The van der Waals surface area contributed by atoms with Gasteiger partial charge in [0, 0.05) is 17.0 Å². The molecular weight excluding hydrogens is 393 g/mol. The number of benzene rings is 2. The van der Waals surface area contributed by atoms with Crippen LogP contribution in [-0.4, -0.2) is 42.1 Å². The van der Waals surface area contributed by atoms with Crippen molar-refractivity contribution >= 4 is 23.5 Å². The molecule has 2 aromatic carbocycles. The molecule has 0 N–H and O–H groups in total. The monoisotopic (exact) mass is 415 g/mol. The number of rotatable bonds is 5. The summed E-state index contributed by atoms with van der Waals surface area (Å²) in [6.45, 7) is 3.15. The highest BCUT2D eigenvalue weighted by atomic mass is 32.2. The van der Waals surface area contributed by atoms with Crippen molar-refractivity contribution in [1.29, 1.82) is 0 Å². The third-order valence-corrected chi connectivity index (χ3v) is 6.25. The average molecular weight is 415 g/mol. The van der Waals surface area contributed by atoms with E-state index in [1.807, 2.05) is 23.1 Å². The van der Waals surface area contributed by atoms with Crippen LogP contribution in [0.3, 0.4) is 0 Å². The smallest absolute Gasteiger partial charge is 0.233 e. The minimum absolute atomic E-state index is 0.0103. The van der Waals surface area contributed by atoms with Crippen LogP contribution in [0.5, 0.6) is 11.5 Å². The fourth-order valence-electron chi connectivity index (χ4n) is 3.74. The van der Waals surface area contributed by atoms with E-state index >= 15 is 0 Å². The maximum Gasteiger partial charge on any atom is 0.233 e. The zero-order valence-electron chi connectivity index (χ0n) is 16.2. The minimum atomic E-state index is -0.472. The Hall–Kier alpha value is -2.54. The normalized spacial score (nSPS) is 18.0. The number of fused-ring (bicyclic) bond motifs is 1. The highest BCUT2D eigenvalue weighted by Crippen LogP contribution is 2.38. The van der Waals surface area contributed by atoms with Gasteiger partial charge in [-0.25, -0.2) is 4.39 Å². The lowest BCUT2D eigenvalue weighted by Gasteiger charge is -2.26. The fourth-order valence-corrected chi connectivity index (χ4v) is 4.54. The summed E-state index contributed by atoms with van der Waals surface area (Å²) < 4.78 is 25.5. The van der Waals surface area contributed by atoms with Crippen molar-refractivity contribution in [1.82, 2.24) is 4.90 Å². The van der Waals surface area contributed by atoms with Gasteiger partial charge < -0.3 is 14.4 Å². The molecule has 0 bridgehead atoms. The van der Waals surface area contributed by atoms with E-state index in [9.17, 15) is 14.0 Å². The number of carbonyl (C=O) groups is 2. The molecule has 2 aliphatic rings. The van der Waals surface area contributed by atoms with Crippen molar-refractivity contribution in [3.63, 3.8) is 0 Å². The molecule has 0 spiro atoms. The number of ether oxygens (including phenoxy) is 2. The zero-order chi connectivity index (χ0) is 20.4. The lowest BCUT2D eigenvalue weighted by molar-refractivity contribution is -0.129. The average Bonchev–Trinajstić information content (AvgIpc) is 3.22. The molecule has 2 heterocycles. The molecule has 1 amide bonds. The zero-order valence-corrected chi connectivity index (χ0v) is 17.0. The lowest BCUT2D eigenvalue weighted by Crippen LogP contribution is -2.32. The molecule has 2 aliphatic heterocycles. The van der Waals surface area contributed by atoms with Gasteiger partial charge in [-0.1, -0.05) is 12.1 Å². The van der Waals surface area contributed by atoms with Crippen molar-refractivity contribution in [3.8, 4) is 11.5 Å². The molecule has 2 aromatic rings. The predicted molar refractivity (Wildman–Crippen MR) is 108 cm³/mol. The highest BCUT2D eigenvalue weighted by Gasteiger charge is 2.31. The number of nitrogens with zero attached hydrogens (tertiary/aromatic N) is 1. The third kappa shape index (κ3) is 4.24. The first-order valence-corrected chi connectivity index (χ1v) is 10.6. The number of amides is 1. The van der Waals surface area contributed by atoms with E-state index in [4.69, 9.17) is 9.47 Å². The Kier molecular flexibility index (Phi) is 5.76. The van der Waals surface area contributed by atoms with Crippen LogP contribution in [0.1, 0.15) is 41.7 Å². The Labute approximate surface area is 173 Å². The van der Waals surface area contributed by atoms with E-state index in [0.29, 0.717) is 30.2 Å². The number of halogens is 1. The molecule has 0 radical (unpaired) electrons. The quantitative estimate of drug-likeness (QED) is 0.540.